The predicted molar refractivity (Wildman–Crippen MR) is 72.0 cm³/mol. The van der Waals surface area contributed by atoms with Gasteiger partial charge < -0.3 is 9.47 Å². The standard InChI is InChI=1S/C15H22O3/c1-3-4-5-6-7-12-18-14-10-8-13(9-11-14)15(16)17-2/h8-11H,3-7,12H2,1-2H3. The average Bonchev–Trinajstić information content (AvgIpc) is 2.42. The fourth-order valence-corrected chi connectivity index (χ4v) is 1.70. The highest BCUT2D eigenvalue weighted by molar-refractivity contribution is 5.89. The van der Waals surface area contributed by atoms with Gasteiger partial charge >= 0.3 is 5.97 Å². The van der Waals surface area contributed by atoms with Crippen molar-refractivity contribution in [3.63, 3.8) is 0 Å². The van der Waals surface area contributed by atoms with Crippen molar-refractivity contribution in [1.82, 2.24) is 0 Å². The first-order valence-corrected chi connectivity index (χ1v) is 6.59. The lowest BCUT2D eigenvalue weighted by molar-refractivity contribution is 0.0600. The molecule has 0 heterocycles. The van der Waals surface area contributed by atoms with Crippen LogP contribution in [0, 0.1) is 0 Å². The highest BCUT2D eigenvalue weighted by Gasteiger charge is 2.04. The van der Waals surface area contributed by atoms with Crippen LogP contribution in [0.5, 0.6) is 5.75 Å². The van der Waals surface area contributed by atoms with Crippen molar-refractivity contribution >= 4 is 5.97 Å². The van der Waals surface area contributed by atoms with E-state index in [0.29, 0.717) is 5.56 Å². The molecule has 0 saturated carbocycles. The van der Waals surface area contributed by atoms with Gasteiger partial charge in [0.15, 0.2) is 0 Å². The van der Waals surface area contributed by atoms with Crippen LogP contribution in [0.4, 0.5) is 0 Å². The first-order valence-electron chi connectivity index (χ1n) is 6.59. The van der Waals surface area contributed by atoms with Crippen molar-refractivity contribution < 1.29 is 14.3 Å². The van der Waals surface area contributed by atoms with Crippen LogP contribution >= 0.6 is 0 Å². The van der Waals surface area contributed by atoms with E-state index in [1.54, 1.807) is 24.3 Å². The Kier molecular flexibility index (Phi) is 6.92. The molecule has 1 aromatic rings. The fourth-order valence-electron chi connectivity index (χ4n) is 1.70. The van der Waals surface area contributed by atoms with Gasteiger partial charge in [-0.2, -0.15) is 0 Å². The lowest BCUT2D eigenvalue weighted by atomic mass is 10.2. The molecular formula is C15H22O3. The minimum Gasteiger partial charge on any atom is -0.494 e. The summed E-state index contributed by atoms with van der Waals surface area (Å²) >= 11 is 0. The molecule has 3 nitrogen and oxygen atoms in total. The maximum absolute atomic E-state index is 11.2. The van der Waals surface area contributed by atoms with E-state index in [-0.39, 0.29) is 5.97 Å². The number of rotatable bonds is 8. The lowest BCUT2D eigenvalue weighted by Crippen LogP contribution is -2.01. The molecule has 0 aliphatic rings. The molecule has 3 heteroatoms. The van der Waals surface area contributed by atoms with E-state index < -0.39 is 0 Å². The van der Waals surface area contributed by atoms with Crippen molar-refractivity contribution in [3.8, 4) is 5.75 Å². The van der Waals surface area contributed by atoms with Gasteiger partial charge in [-0.15, -0.1) is 0 Å². The van der Waals surface area contributed by atoms with Crippen LogP contribution in [-0.4, -0.2) is 19.7 Å². The minimum atomic E-state index is -0.318. The van der Waals surface area contributed by atoms with E-state index in [4.69, 9.17) is 4.74 Å². The molecule has 1 aromatic carbocycles. The maximum Gasteiger partial charge on any atom is 0.337 e. The molecular weight excluding hydrogens is 228 g/mol. The molecule has 0 amide bonds. The molecule has 0 spiro atoms. The van der Waals surface area contributed by atoms with Crippen molar-refractivity contribution in [1.29, 1.82) is 0 Å². The van der Waals surface area contributed by atoms with Crippen LogP contribution in [0.1, 0.15) is 49.4 Å². The summed E-state index contributed by atoms with van der Waals surface area (Å²) in [5.41, 5.74) is 0.549. The van der Waals surface area contributed by atoms with E-state index in [9.17, 15) is 4.79 Å². The Morgan fingerprint density at radius 3 is 2.33 bits per heavy atom. The van der Waals surface area contributed by atoms with Gasteiger partial charge in [-0.25, -0.2) is 4.79 Å². The summed E-state index contributed by atoms with van der Waals surface area (Å²) in [6, 6.07) is 7.05. The number of hydrogen-bond donors (Lipinski definition) is 0. The molecule has 0 aromatic heterocycles. The molecule has 0 saturated heterocycles. The van der Waals surface area contributed by atoms with Gasteiger partial charge in [0.1, 0.15) is 5.75 Å². The second-order valence-corrected chi connectivity index (χ2v) is 4.28. The van der Waals surface area contributed by atoms with Gasteiger partial charge in [-0.05, 0) is 30.7 Å². The van der Waals surface area contributed by atoms with Gasteiger partial charge in [-0.3, -0.25) is 0 Å². The summed E-state index contributed by atoms with van der Waals surface area (Å²) in [6.07, 6.45) is 6.14. The molecule has 0 radical (unpaired) electrons. The molecule has 0 fully saturated rings. The van der Waals surface area contributed by atoms with Crippen LogP contribution in [0.25, 0.3) is 0 Å². The van der Waals surface area contributed by atoms with E-state index in [1.807, 2.05) is 0 Å². The summed E-state index contributed by atoms with van der Waals surface area (Å²) in [6.45, 7) is 2.95. The first kappa shape index (κ1) is 14.6. The molecule has 0 atom stereocenters. The smallest absolute Gasteiger partial charge is 0.337 e. The van der Waals surface area contributed by atoms with Crippen LogP contribution in [0.3, 0.4) is 0 Å². The number of carbonyl (C=O) groups excluding carboxylic acids is 1. The summed E-state index contributed by atoms with van der Waals surface area (Å²) in [5, 5.41) is 0. The third-order valence-electron chi connectivity index (χ3n) is 2.79. The minimum absolute atomic E-state index is 0.318. The van der Waals surface area contributed by atoms with Crippen molar-refractivity contribution in [2.45, 2.75) is 39.0 Å². The van der Waals surface area contributed by atoms with Crippen LogP contribution in [0.2, 0.25) is 0 Å². The van der Waals surface area contributed by atoms with Crippen molar-refractivity contribution in [2.24, 2.45) is 0 Å². The Labute approximate surface area is 109 Å². The topological polar surface area (TPSA) is 35.5 Å². The zero-order valence-electron chi connectivity index (χ0n) is 11.3. The van der Waals surface area contributed by atoms with Crippen LogP contribution in [-0.2, 0) is 4.74 Å². The number of hydrogen-bond acceptors (Lipinski definition) is 3. The molecule has 0 N–H and O–H groups in total. The van der Waals surface area contributed by atoms with E-state index in [0.717, 1.165) is 18.8 Å². The quantitative estimate of drug-likeness (QED) is 0.519. The Balaban J connectivity index is 2.25. The fraction of sp³-hybridized carbons (Fsp3) is 0.533. The molecule has 0 aliphatic heterocycles. The number of methoxy groups -OCH3 is 1. The van der Waals surface area contributed by atoms with Crippen LogP contribution in [0.15, 0.2) is 24.3 Å². The van der Waals surface area contributed by atoms with Gasteiger partial charge in [-0.1, -0.05) is 32.6 Å². The first-order chi connectivity index (χ1) is 8.77. The summed E-state index contributed by atoms with van der Waals surface area (Å²) in [7, 11) is 1.38. The Bertz CT molecular complexity index is 343. The molecule has 18 heavy (non-hydrogen) atoms. The van der Waals surface area contributed by atoms with E-state index in [2.05, 4.69) is 11.7 Å². The molecule has 1 rings (SSSR count). The Hall–Kier alpha value is -1.51. The lowest BCUT2D eigenvalue weighted by Gasteiger charge is -2.06. The average molecular weight is 250 g/mol. The summed E-state index contributed by atoms with van der Waals surface area (Å²) in [4.78, 5) is 11.2. The molecule has 0 bridgehead atoms. The van der Waals surface area contributed by atoms with Crippen molar-refractivity contribution in [3.05, 3.63) is 29.8 Å². The number of carbonyl (C=O) groups is 1. The molecule has 0 aliphatic carbocycles. The van der Waals surface area contributed by atoms with Gasteiger partial charge in [0.2, 0.25) is 0 Å². The van der Waals surface area contributed by atoms with Gasteiger partial charge in [0.05, 0.1) is 19.3 Å². The molecule has 0 unspecified atom stereocenters. The Morgan fingerprint density at radius 1 is 1.06 bits per heavy atom. The highest BCUT2D eigenvalue weighted by atomic mass is 16.5. The third-order valence-corrected chi connectivity index (χ3v) is 2.79. The van der Waals surface area contributed by atoms with Gasteiger partial charge in [0, 0.05) is 0 Å². The summed E-state index contributed by atoms with van der Waals surface area (Å²) in [5.74, 6) is 0.485. The maximum atomic E-state index is 11.2. The predicted octanol–water partition coefficient (Wildman–Crippen LogP) is 3.82. The van der Waals surface area contributed by atoms with Crippen LogP contribution < -0.4 is 4.74 Å². The van der Waals surface area contributed by atoms with E-state index in [1.165, 1.54) is 32.8 Å². The summed E-state index contributed by atoms with van der Waals surface area (Å²) < 4.78 is 10.2. The van der Waals surface area contributed by atoms with E-state index >= 15 is 0 Å². The zero-order chi connectivity index (χ0) is 13.2. The van der Waals surface area contributed by atoms with Crippen molar-refractivity contribution in [2.75, 3.05) is 13.7 Å². The number of ether oxygens (including phenoxy) is 2. The number of benzene rings is 1. The normalized spacial score (nSPS) is 10.1. The second-order valence-electron chi connectivity index (χ2n) is 4.28. The second kappa shape index (κ2) is 8.56. The number of unbranched alkanes of at least 4 members (excludes halogenated alkanes) is 4. The SMILES string of the molecule is CCCCCCCOc1ccc(C(=O)OC)cc1. The monoisotopic (exact) mass is 250 g/mol. The highest BCUT2D eigenvalue weighted by Crippen LogP contribution is 2.13. The zero-order valence-corrected chi connectivity index (χ0v) is 11.3. The Morgan fingerprint density at radius 2 is 1.72 bits per heavy atom. The molecule has 100 valence electrons. The van der Waals surface area contributed by atoms with Gasteiger partial charge in [0.25, 0.3) is 0 Å². The number of esters is 1. The third kappa shape index (κ3) is 5.21. The largest absolute Gasteiger partial charge is 0.494 e.